The fourth-order valence-electron chi connectivity index (χ4n) is 1.03. The predicted molar refractivity (Wildman–Crippen MR) is 82.7 cm³/mol. The highest BCUT2D eigenvalue weighted by Crippen LogP contribution is 2.21. The van der Waals surface area contributed by atoms with Crippen LogP contribution in [-0.2, 0) is 19.1 Å². The van der Waals surface area contributed by atoms with Crippen molar-refractivity contribution in [1.29, 1.82) is 0 Å². The Morgan fingerprint density at radius 1 is 1.19 bits per heavy atom. The van der Waals surface area contributed by atoms with E-state index in [-0.39, 0.29) is 26.6 Å². The Morgan fingerprint density at radius 2 is 1.76 bits per heavy atom. The SMILES string of the molecule is C.C/C=C/C=C/C(=O)OCC(O)COC(=O)C(C)(C)CC. The number of rotatable bonds is 8. The number of hydrogen-bond acceptors (Lipinski definition) is 5. The number of hydrogen-bond donors (Lipinski definition) is 1. The zero-order chi connectivity index (χ0) is 15.6. The molecule has 21 heavy (non-hydrogen) atoms. The third-order valence-corrected chi connectivity index (χ3v) is 2.80. The molecule has 0 spiro atoms. The zero-order valence-electron chi connectivity index (χ0n) is 12.6. The van der Waals surface area contributed by atoms with Gasteiger partial charge >= 0.3 is 11.9 Å². The van der Waals surface area contributed by atoms with E-state index in [2.05, 4.69) is 0 Å². The van der Waals surface area contributed by atoms with E-state index >= 15 is 0 Å². The van der Waals surface area contributed by atoms with Crippen LogP contribution in [0.15, 0.2) is 24.3 Å². The van der Waals surface area contributed by atoms with Gasteiger partial charge in [-0.15, -0.1) is 0 Å². The molecule has 1 atom stereocenters. The van der Waals surface area contributed by atoms with Crippen molar-refractivity contribution in [2.45, 2.75) is 47.6 Å². The summed E-state index contributed by atoms with van der Waals surface area (Å²) < 4.78 is 9.77. The highest BCUT2D eigenvalue weighted by atomic mass is 16.6. The van der Waals surface area contributed by atoms with Crippen LogP contribution in [0.25, 0.3) is 0 Å². The average molecular weight is 300 g/mol. The maximum Gasteiger partial charge on any atom is 0.330 e. The Hall–Kier alpha value is -1.62. The molecule has 1 N–H and O–H groups in total. The van der Waals surface area contributed by atoms with Crippen molar-refractivity contribution in [3.05, 3.63) is 24.3 Å². The highest BCUT2D eigenvalue weighted by molar-refractivity contribution is 5.82. The van der Waals surface area contributed by atoms with Crippen LogP contribution in [0.2, 0.25) is 0 Å². The van der Waals surface area contributed by atoms with E-state index in [0.29, 0.717) is 6.42 Å². The van der Waals surface area contributed by atoms with Crippen molar-refractivity contribution >= 4 is 11.9 Å². The van der Waals surface area contributed by atoms with Gasteiger partial charge in [-0.3, -0.25) is 4.79 Å². The van der Waals surface area contributed by atoms with Gasteiger partial charge in [0, 0.05) is 6.08 Å². The Morgan fingerprint density at radius 3 is 2.29 bits per heavy atom. The van der Waals surface area contributed by atoms with Crippen LogP contribution in [0.4, 0.5) is 0 Å². The molecule has 0 rings (SSSR count). The molecule has 0 saturated heterocycles. The summed E-state index contributed by atoms with van der Waals surface area (Å²) in [5, 5.41) is 9.56. The standard InChI is InChI=1S/C15H24O5.CH4/c1-5-7-8-9-13(17)19-10-12(16)11-20-14(18)15(3,4)6-2;/h5,7-9,12,16H,6,10-11H2,1-4H3;1H4/b7-5+,9-8+;. The number of ether oxygens (including phenoxy) is 2. The summed E-state index contributed by atoms with van der Waals surface area (Å²) in [5.74, 6) is -0.930. The molecule has 0 aliphatic rings. The lowest BCUT2D eigenvalue weighted by Gasteiger charge is -2.21. The number of carbonyl (C=O) groups excluding carboxylic acids is 2. The Balaban J connectivity index is 0. The molecule has 0 aromatic rings. The van der Waals surface area contributed by atoms with Crippen molar-refractivity contribution < 1.29 is 24.2 Å². The van der Waals surface area contributed by atoms with Gasteiger partial charge in [0.1, 0.15) is 19.3 Å². The van der Waals surface area contributed by atoms with Crippen LogP contribution in [0.5, 0.6) is 0 Å². The Labute approximate surface area is 127 Å². The quantitative estimate of drug-likeness (QED) is 0.424. The maximum absolute atomic E-state index is 11.7. The fraction of sp³-hybridized carbons (Fsp3) is 0.625. The first-order chi connectivity index (χ1) is 9.33. The second-order valence-corrected chi connectivity index (χ2v) is 5.00. The summed E-state index contributed by atoms with van der Waals surface area (Å²) in [5.41, 5.74) is -0.578. The van der Waals surface area contributed by atoms with Gasteiger partial charge in [0.2, 0.25) is 0 Å². The molecular formula is C16H28O5. The van der Waals surface area contributed by atoms with Gasteiger partial charge < -0.3 is 14.6 Å². The third-order valence-electron chi connectivity index (χ3n) is 2.80. The summed E-state index contributed by atoms with van der Waals surface area (Å²) in [7, 11) is 0. The average Bonchev–Trinajstić information content (AvgIpc) is 2.42. The second-order valence-electron chi connectivity index (χ2n) is 5.00. The van der Waals surface area contributed by atoms with Gasteiger partial charge in [-0.05, 0) is 27.2 Å². The van der Waals surface area contributed by atoms with Crippen molar-refractivity contribution in [3.8, 4) is 0 Å². The predicted octanol–water partition coefficient (Wildman–Crippen LogP) is 2.64. The van der Waals surface area contributed by atoms with E-state index in [0.717, 1.165) is 0 Å². The molecule has 0 saturated carbocycles. The lowest BCUT2D eigenvalue weighted by molar-refractivity contribution is -0.159. The summed E-state index contributed by atoms with van der Waals surface area (Å²) >= 11 is 0. The van der Waals surface area contributed by atoms with E-state index in [1.807, 2.05) is 13.8 Å². The first kappa shape index (κ1) is 21.7. The van der Waals surface area contributed by atoms with Crippen LogP contribution >= 0.6 is 0 Å². The zero-order valence-corrected chi connectivity index (χ0v) is 12.6. The van der Waals surface area contributed by atoms with Crippen molar-refractivity contribution in [3.63, 3.8) is 0 Å². The largest absolute Gasteiger partial charge is 0.462 e. The smallest absolute Gasteiger partial charge is 0.330 e. The fourth-order valence-corrected chi connectivity index (χ4v) is 1.03. The topological polar surface area (TPSA) is 72.8 Å². The molecule has 5 heteroatoms. The van der Waals surface area contributed by atoms with Gasteiger partial charge in [-0.1, -0.05) is 32.6 Å². The van der Waals surface area contributed by atoms with Crippen molar-refractivity contribution in [1.82, 2.24) is 0 Å². The molecule has 0 amide bonds. The third kappa shape index (κ3) is 9.85. The minimum Gasteiger partial charge on any atom is -0.462 e. The van der Waals surface area contributed by atoms with Gasteiger partial charge in [-0.25, -0.2) is 4.79 Å². The van der Waals surface area contributed by atoms with Gasteiger partial charge in [0.05, 0.1) is 5.41 Å². The molecule has 1 unspecified atom stereocenters. The summed E-state index contributed by atoms with van der Waals surface area (Å²) in [6, 6.07) is 0. The first-order valence-electron chi connectivity index (χ1n) is 6.65. The van der Waals surface area contributed by atoms with E-state index in [9.17, 15) is 14.7 Å². The van der Waals surface area contributed by atoms with Crippen LogP contribution in [-0.4, -0.2) is 36.4 Å². The molecule has 0 aromatic carbocycles. The van der Waals surface area contributed by atoms with Crippen LogP contribution in [0.3, 0.4) is 0 Å². The first-order valence-corrected chi connectivity index (χ1v) is 6.65. The summed E-state index contributed by atoms with van der Waals surface area (Å²) in [4.78, 5) is 22.9. The number of aliphatic hydroxyl groups is 1. The molecule has 122 valence electrons. The maximum atomic E-state index is 11.7. The molecule has 0 aliphatic heterocycles. The number of carbonyl (C=O) groups is 2. The normalized spacial score (nSPS) is 13.0. The van der Waals surface area contributed by atoms with Gasteiger partial charge in [0.25, 0.3) is 0 Å². The van der Waals surface area contributed by atoms with Crippen molar-refractivity contribution in [2.75, 3.05) is 13.2 Å². The van der Waals surface area contributed by atoms with Crippen molar-refractivity contribution in [2.24, 2.45) is 5.41 Å². The minimum absolute atomic E-state index is 0. The van der Waals surface area contributed by atoms with Crippen LogP contribution < -0.4 is 0 Å². The highest BCUT2D eigenvalue weighted by Gasteiger charge is 2.27. The van der Waals surface area contributed by atoms with E-state index in [1.54, 1.807) is 32.1 Å². The molecule has 5 nitrogen and oxygen atoms in total. The summed E-state index contributed by atoms with van der Waals surface area (Å²) in [6.07, 6.45) is 5.87. The molecule has 0 fully saturated rings. The van der Waals surface area contributed by atoms with Crippen LogP contribution in [0.1, 0.15) is 41.5 Å². The van der Waals surface area contributed by atoms with Gasteiger partial charge in [-0.2, -0.15) is 0 Å². The molecule has 0 bridgehead atoms. The lowest BCUT2D eigenvalue weighted by Crippen LogP contribution is -2.31. The molecular weight excluding hydrogens is 272 g/mol. The van der Waals surface area contributed by atoms with Gasteiger partial charge in [0.15, 0.2) is 0 Å². The second kappa shape index (κ2) is 11.1. The molecule has 0 radical (unpaired) electrons. The lowest BCUT2D eigenvalue weighted by atomic mass is 9.91. The van der Waals surface area contributed by atoms with E-state index in [4.69, 9.17) is 9.47 Å². The molecule has 0 heterocycles. The number of allylic oxidation sites excluding steroid dienone is 3. The monoisotopic (exact) mass is 300 g/mol. The van der Waals surface area contributed by atoms with E-state index in [1.165, 1.54) is 6.08 Å². The molecule has 0 aliphatic carbocycles. The summed E-state index contributed by atoms with van der Waals surface area (Å²) in [6.45, 7) is 6.86. The number of esters is 2. The molecule has 0 aromatic heterocycles. The van der Waals surface area contributed by atoms with E-state index < -0.39 is 17.5 Å². The van der Waals surface area contributed by atoms with Crippen LogP contribution in [0, 0.1) is 5.41 Å². The number of aliphatic hydroxyl groups excluding tert-OH is 1. The minimum atomic E-state index is -1.02. The Kier molecular flexibility index (Phi) is 11.4. The Bertz CT molecular complexity index is 369.